The zero-order valence-electron chi connectivity index (χ0n) is 13.6. The Morgan fingerprint density at radius 1 is 1.32 bits per heavy atom. The number of piperidine rings is 1. The second kappa shape index (κ2) is 5.14. The maximum Gasteiger partial charge on any atom is 0.410 e. The molecule has 120 valence electrons. The largest absolute Gasteiger partial charge is 0.444 e. The number of likely N-dealkylation sites (tertiary alicyclic amines) is 1. The average Bonchev–Trinajstić information content (AvgIpc) is 2.77. The minimum Gasteiger partial charge on any atom is -0.444 e. The molecule has 0 radical (unpaired) electrons. The van der Waals surface area contributed by atoms with E-state index in [1.165, 1.54) is 10.3 Å². The lowest BCUT2D eigenvalue weighted by atomic mass is 9.76. The van der Waals surface area contributed by atoms with Crippen LogP contribution in [0.4, 0.5) is 4.79 Å². The van der Waals surface area contributed by atoms with Gasteiger partial charge in [-0.2, -0.15) is 0 Å². The number of pyridine rings is 1. The molecule has 22 heavy (non-hydrogen) atoms. The highest BCUT2D eigenvalue weighted by molar-refractivity contribution is 5.68. The minimum atomic E-state index is -0.446. The lowest BCUT2D eigenvalue weighted by Crippen LogP contribution is -2.46. The van der Waals surface area contributed by atoms with Gasteiger partial charge in [0.1, 0.15) is 5.60 Å². The molecule has 0 aromatic carbocycles. The summed E-state index contributed by atoms with van der Waals surface area (Å²) >= 11 is 0. The predicted molar refractivity (Wildman–Crippen MR) is 80.7 cm³/mol. The van der Waals surface area contributed by atoms with E-state index < -0.39 is 5.60 Å². The summed E-state index contributed by atoms with van der Waals surface area (Å²) in [4.78, 5) is 14.0. The zero-order valence-corrected chi connectivity index (χ0v) is 13.6. The van der Waals surface area contributed by atoms with Gasteiger partial charge in [0, 0.05) is 35.9 Å². The van der Waals surface area contributed by atoms with Crippen LogP contribution in [0.2, 0.25) is 0 Å². The van der Waals surface area contributed by atoms with Crippen molar-refractivity contribution in [2.75, 3.05) is 13.1 Å². The van der Waals surface area contributed by atoms with E-state index in [0.717, 1.165) is 44.5 Å². The molecule has 1 aromatic rings. The van der Waals surface area contributed by atoms with Gasteiger partial charge in [-0.3, -0.25) is 5.21 Å². The molecule has 1 N–H and O–H groups in total. The molecular weight excluding hydrogens is 280 g/mol. The molecule has 1 amide bonds. The van der Waals surface area contributed by atoms with Crippen LogP contribution in [0.5, 0.6) is 0 Å². The molecule has 1 spiro atoms. The standard InChI is InChI=1S/C17H25N2O3/c1-16(2,3)22-15(20)18-9-6-17(7-10-18)11-13-5-4-8-19(21)14(13)12-17/h4-5,8,21H,6-7,9-12H2,1-3H3/q+1. The number of amides is 1. The van der Waals surface area contributed by atoms with Crippen LogP contribution in [0, 0.1) is 5.41 Å². The van der Waals surface area contributed by atoms with Crippen molar-refractivity contribution in [3.05, 3.63) is 29.6 Å². The molecule has 1 aliphatic heterocycles. The third-order valence-electron chi connectivity index (χ3n) is 4.76. The van der Waals surface area contributed by atoms with Crippen molar-refractivity contribution < 1.29 is 19.5 Å². The Labute approximate surface area is 131 Å². The van der Waals surface area contributed by atoms with Gasteiger partial charge in [-0.15, -0.1) is 0 Å². The summed E-state index contributed by atoms with van der Waals surface area (Å²) in [6.45, 7) is 7.14. The van der Waals surface area contributed by atoms with E-state index in [1.54, 1.807) is 6.20 Å². The molecule has 5 heteroatoms. The number of rotatable bonds is 0. The van der Waals surface area contributed by atoms with Gasteiger partial charge in [0.25, 0.3) is 0 Å². The number of carbonyl (C=O) groups excluding carboxylic acids is 1. The number of aromatic nitrogens is 1. The average molecular weight is 305 g/mol. The Morgan fingerprint density at radius 3 is 2.59 bits per heavy atom. The van der Waals surface area contributed by atoms with Crippen LogP contribution in [0.15, 0.2) is 18.3 Å². The number of hydrogen-bond acceptors (Lipinski definition) is 3. The smallest absolute Gasteiger partial charge is 0.410 e. The Morgan fingerprint density at radius 2 is 2.00 bits per heavy atom. The van der Waals surface area contributed by atoms with Crippen LogP contribution in [0.1, 0.15) is 44.9 Å². The summed E-state index contributed by atoms with van der Waals surface area (Å²) in [6, 6.07) is 3.98. The summed E-state index contributed by atoms with van der Waals surface area (Å²) in [5, 5.41) is 9.95. The number of ether oxygens (including phenoxy) is 1. The molecule has 1 fully saturated rings. The Bertz CT molecular complexity index is 584. The molecule has 2 heterocycles. The fourth-order valence-corrected chi connectivity index (χ4v) is 3.59. The molecule has 1 saturated heterocycles. The van der Waals surface area contributed by atoms with Gasteiger partial charge in [0.2, 0.25) is 11.9 Å². The second-order valence-electron chi connectivity index (χ2n) is 7.65. The maximum atomic E-state index is 12.1. The fourth-order valence-electron chi connectivity index (χ4n) is 3.59. The van der Waals surface area contributed by atoms with E-state index in [9.17, 15) is 10.0 Å². The minimum absolute atomic E-state index is 0.187. The van der Waals surface area contributed by atoms with Gasteiger partial charge < -0.3 is 9.64 Å². The van der Waals surface area contributed by atoms with Crippen molar-refractivity contribution in [2.45, 2.75) is 52.1 Å². The van der Waals surface area contributed by atoms with Gasteiger partial charge in [0.05, 0.1) is 0 Å². The van der Waals surface area contributed by atoms with Crippen molar-refractivity contribution in [2.24, 2.45) is 5.41 Å². The molecule has 0 saturated carbocycles. The first-order chi connectivity index (χ1) is 10.3. The summed E-state index contributed by atoms with van der Waals surface area (Å²) in [5.41, 5.74) is 1.99. The van der Waals surface area contributed by atoms with Crippen molar-refractivity contribution in [3.8, 4) is 0 Å². The number of carbonyl (C=O) groups is 1. The summed E-state index contributed by atoms with van der Waals surface area (Å²) in [7, 11) is 0. The van der Waals surface area contributed by atoms with E-state index in [1.807, 2.05) is 31.7 Å². The monoisotopic (exact) mass is 305 g/mol. The van der Waals surface area contributed by atoms with Gasteiger partial charge in [-0.1, -0.05) is 0 Å². The SMILES string of the molecule is CC(C)(C)OC(=O)N1CCC2(CC1)Cc1ccc[n+](O)c1C2. The topological polar surface area (TPSA) is 53.7 Å². The molecule has 5 nitrogen and oxygen atoms in total. The first-order valence-electron chi connectivity index (χ1n) is 7.98. The normalized spacial score (nSPS) is 20.0. The Kier molecular flexibility index (Phi) is 3.54. The van der Waals surface area contributed by atoms with E-state index in [-0.39, 0.29) is 11.5 Å². The van der Waals surface area contributed by atoms with Crippen molar-refractivity contribution in [1.82, 2.24) is 4.90 Å². The first-order valence-corrected chi connectivity index (χ1v) is 7.98. The quantitative estimate of drug-likeness (QED) is 0.591. The second-order valence-corrected chi connectivity index (χ2v) is 7.65. The highest BCUT2D eigenvalue weighted by Gasteiger charge is 2.45. The van der Waals surface area contributed by atoms with E-state index in [0.29, 0.717) is 0 Å². The zero-order chi connectivity index (χ0) is 16.0. The van der Waals surface area contributed by atoms with Crippen molar-refractivity contribution >= 4 is 6.09 Å². The van der Waals surface area contributed by atoms with Crippen LogP contribution >= 0.6 is 0 Å². The maximum absolute atomic E-state index is 12.1. The fraction of sp³-hybridized carbons (Fsp3) is 0.647. The molecule has 3 rings (SSSR count). The molecule has 2 aliphatic rings. The molecule has 0 atom stereocenters. The number of hydrogen-bond donors (Lipinski definition) is 1. The Hall–Kier alpha value is -1.78. The third kappa shape index (κ3) is 2.89. The predicted octanol–water partition coefficient (Wildman–Crippen LogP) is 2.33. The number of fused-ring (bicyclic) bond motifs is 1. The van der Waals surface area contributed by atoms with Crippen molar-refractivity contribution in [1.29, 1.82) is 0 Å². The van der Waals surface area contributed by atoms with E-state index >= 15 is 0 Å². The third-order valence-corrected chi connectivity index (χ3v) is 4.76. The molecule has 0 bridgehead atoms. The first kappa shape index (κ1) is 15.1. The molecule has 1 aliphatic carbocycles. The van der Waals surface area contributed by atoms with Crippen LogP contribution in [0.3, 0.4) is 0 Å². The van der Waals surface area contributed by atoms with Gasteiger partial charge in [-0.25, -0.2) is 4.79 Å². The van der Waals surface area contributed by atoms with Crippen LogP contribution in [0.25, 0.3) is 0 Å². The van der Waals surface area contributed by atoms with E-state index in [4.69, 9.17) is 4.74 Å². The number of nitrogens with zero attached hydrogens (tertiary/aromatic N) is 2. The summed E-state index contributed by atoms with van der Waals surface area (Å²) < 4.78 is 6.71. The van der Waals surface area contributed by atoms with Gasteiger partial charge in [0.15, 0.2) is 0 Å². The summed E-state index contributed by atoms with van der Waals surface area (Å²) in [6.07, 6.45) is 5.28. The lowest BCUT2D eigenvalue weighted by Gasteiger charge is -2.39. The highest BCUT2D eigenvalue weighted by atomic mass is 16.6. The lowest BCUT2D eigenvalue weighted by molar-refractivity contribution is -0.909. The summed E-state index contributed by atoms with van der Waals surface area (Å²) in [5.74, 6) is 0. The molecule has 0 unspecified atom stereocenters. The van der Waals surface area contributed by atoms with Crippen LogP contribution < -0.4 is 4.73 Å². The molecule has 1 aromatic heterocycles. The highest BCUT2D eigenvalue weighted by Crippen LogP contribution is 2.43. The van der Waals surface area contributed by atoms with Gasteiger partial charge >= 0.3 is 6.09 Å². The van der Waals surface area contributed by atoms with Crippen LogP contribution in [-0.2, 0) is 17.6 Å². The van der Waals surface area contributed by atoms with E-state index in [2.05, 4.69) is 6.07 Å². The van der Waals surface area contributed by atoms with Gasteiger partial charge in [-0.05, 0) is 51.5 Å². The van der Waals surface area contributed by atoms with Crippen LogP contribution in [-0.4, -0.2) is 34.9 Å². The molecular formula is C17H25N2O3+. The van der Waals surface area contributed by atoms with Crippen molar-refractivity contribution in [3.63, 3.8) is 0 Å². The Balaban J connectivity index is 1.64.